The maximum Gasteiger partial charge on any atom is 0.335 e. The quantitative estimate of drug-likeness (QED) is 0.828. The molecule has 2 aromatic carbocycles. The summed E-state index contributed by atoms with van der Waals surface area (Å²) < 4.78 is 32.4. The van der Waals surface area contributed by atoms with Crippen molar-refractivity contribution in [1.29, 1.82) is 5.26 Å². The molecule has 0 aliphatic rings. The highest BCUT2D eigenvalue weighted by Crippen LogP contribution is 2.27. The van der Waals surface area contributed by atoms with Crippen molar-refractivity contribution in [2.75, 3.05) is 11.8 Å². The summed E-state index contributed by atoms with van der Waals surface area (Å²) in [5.41, 5.74) is 0.889. The molecule has 7 nitrogen and oxygen atoms in total. The van der Waals surface area contributed by atoms with E-state index in [9.17, 15) is 13.2 Å². The number of hydrogen-bond acceptors (Lipinski definition) is 5. The van der Waals surface area contributed by atoms with Gasteiger partial charge < -0.3 is 9.84 Å². The molecule has 2 aromatic rings. The van der Waals surface area contributed by atoms with Gasteiger partial charge in [-0.15, -0.1) is 0 Å². The number of nitrogens with one attached hydrogen (secondary N) is 1. The van der Waals surface area contributed by atoms with Crippen molar-refractivity contribution in [2.45, 2.75) is 11.3 Å². The molecule has 0 aliphatic carbocycles. The van der Waals surface area contributed by atoms with Crippen LogP contribution in [0.4, 0.5) is 5.69 Å². The topological polar surface area (TPSA) is 116 Å². The molecule has 124 valence electrons. The third kappa shape index (κ3) is 3.83. The summed E-state index contributed by atoms with van der Waals surface area (Å²) in [5, 5.41) is 17.7. The van der Waals surface area contributed by atoms with E-state index in [2.05, 4.69) is 4.72 Å². The number of benzene rings is 2. The summed E-state index contributed by atoms with van der Waals surface area (Å²) >= 11 is 0. The summed E-state index contributed by atoms with van der Waals surface area (Å²) in [4.78, 5) is 10.8. The number of methoxy groups -OCH3 is 1. The van der Waals surface area contributed by atoms with Gasteiger partial charge in [0.05, 0.1) is 25.2 Å². The first-order chi connectivity index (χ1) is 11.4. The third-order valence-electron chi connectivity index (χ3n) is 3.16. The first-order valence-corrected chi connectivity index (χ1v) is 8.25. The Bertz CT molecular complexity index is 916. The van der Waals surface area contributed by atoms with E-state index in [1.54, 1.807) is 24.3 Å². The van der Waals surface area contributed by atoms with Gasteiger partial charge in [-0.1, -0.05) is 12.1 Å². The standard InChI is InChI=1S/C16H14N2O5S/c1-23-14-10-12(16(19)20)5-6-15(14)24(21,22)18-13-4-2-3-11(9-13)7-8-17/h2-6,9-10,18H,7H2,1H3,(H,19,20). The SMILES string of the molecule is COc1cc(C(=O)O)ccc1S(=O)(=O)Nc1cccc(CC#N)c1. The molecule has 0 amide bonds. The monoisotopic (exact) mass is 346 g/mol. The summed E-state index contributed by atoms with van der Waals surface area (Å²) in [7, 11) is -2.72. The minimum Gasteiger partial charge on any atom is -0.495 e. The van der Waals surface area contributed by atoms with Gasteiger partial charge in [-0.25, -0.2) is 13.2 Å². The fourth-order valence-electron chi connectivity index (χ4n) is 2.07. The summed E-state index contributed by atoms with van der Waals surface area (Å²) in [6, 6.07) is 11.9. The van der Waals surface area contributed by atoms with Crippen LogP contribution in [0.1, 0.15) is 15.9 Å². The smallest absolute Gasteiger partial charge is 0.335 e. The molecule has 0 spiro atoms. The van der Waals surface area contributed by atoms with E-state index in [0.29, 0.717) is 11.3 Å². The van der Waals surface area contributed by atoms with Crippen molar-refractivity contribution in [1.82, 2.24) is 0 Å². The summed E-state index contributed by atoms with van der Waals surface area (Å²) in [6.45, 7) is 0. The number of carbonyl (C=O) groups is 1. The van der Waals surface area contributed by atoms with E-state index in [-0.39, 0.29) is 22.6 Å². The number of aromatic carboxylic acids is 1. The normalized spacial score (nSPS) is 10.7. The second-order valence-corrected chi connectivity index (χ2v) is 6.46. The highest BCUT2D eigenvalue weighted by atomic mass is 32.2. The predicted octanol–water partition coefficient (Wildman–Crippen LogP) is 2.26. The third-order valence-corrected chi connectivity index (χ3v) is 4.58. The molecule has 2 rings (SSSR count). The number of rotatable bonds is 6. The maximum atomic E-state index is 12.5. The van der Waals surface area contributed by atoms with Gasteiger partial charge in [0.2, 0.25) is 0 Å². The average molecular weight is 346 g/mol. The summed E-state index contributed by atoms with van der Waals surface area (Å²) in [6.07, 6.45) is 0.159. The molecule has 0 aliphatic heterocycles. The molecular weight excluding hydrogens is 332 g/mol. The molecule has 0 saturated heterocycles. The van der Waals surface area contributed by atoms with Crippen LogP contribution in [-0.4, -0.2) is 26.6 Å². The Morgan fingerprint density at radius 1 is 1.29 bits per heavy atom. The number of anilines is 1. The van der Waals surface area contributed by atoms with Gasteiger partial charge in [0.1, 0.15) is 10.6 Å². The number of nitrogens with zero attached hydrogens (tertiary/aromatic N) is 1. The van der Waals surface area contributed by atoms with Crippen LogP contribution in [0.3, 0.4) is 0 Å². The Hall–Kier alpha value is -3.05. The Morgan fingerprint density at radius 2 is 2.04 bits per heavy atom. The fourth-order valence-corrected chi connectivity index (χ4v) is 3.27. The number of sulfonamides is 1. The molecule has 0 heterocycles. The number of hydrogen-bond donors (Lipinski definition) is 2. The van der Waals surface area contributed by atoms with Gasteiger partial charge in [-0.2, -0.15) is 5.26 Å². The summed E-state index contributed by atoms with van der Waals surface area (Å²) in [5.74, 6) is -1.26. The van der Waals surface area contributed by atoms with Gasteiger partial charge >= 0.3 is 5.97 Å². The molecule has 0 bridgehead atoms. The van der Waals surface area contributed by atoms with E-state index in [1.807, 2.05) is 6.07 Å². The largest absolute Gasteiger partial charge is 0.495 e. The van der Waals surface area contributed by atoms with E-state index in [1.165, 1.54) is 19.2 Å². The Labute approximate surface area is 139 Å². The van der Waals surface area contributed by atoms with Crippen LogP contribution < -0.4 is 9.46 Å². The van der Waals surface area contributed by atoms with Crippen LogP contribution in [-0.2, 0) is 16.4 Å². The average Bonchev–Trinajstić information content (AvgIpc) is 2.54. The second kappa shape index (κ2) is 7.02. The van der Waals surface area contributed by atoms with E-state index in [0.717, 1.165) is 6.07 Å². The molecule has 0 atom stereocenters. The van der Waals surface area contributed by atoms with E-state index >= 15 is 0 Å². The molecule has 8 heteroatoms. The van der Waals surface area contributed by atoms with Crippen LogP contribution in [0.15, 0.2) is 47.4 Å². The van der Waals surface area contributed by atoms with Crippen molar-refractivity contribution in [3.63, 3.8) is 0 Å². The lowest BCUT2D eigenvalue weighted by molar-refractivity contribution is 0.0696. The number of carboxylic acid groups (broad SMARTS) is 1. The molecule has 0 radical (unpaired) electrons. The van der Waals surface area contributed by atoms with Gasteiger partial charge in [0.15, 0.2) is 0 Å². The zero-order chi connectivity index (χ0) is 17.7. The lowest BCUT2D eigenvalue weighted by atomic mass is 10.1. The van der Waals surface area contributed by atoms with Crippen LogP contribution in [0.2, 0.25) is 0 Å². The highest BCUT2D eigenvalue weighted by molar-refractivity contribution is 7.92. The van der Waals surface area contributed by atoms with Crippen molar-refractivity contribution in [3.05, 3.63) is 53.6 Å². The minimum absolute atomic E-state index is 0.0735. The molecule has 0 saturated carbocycles. The van der Waals surface area contributed by atoms with Crippen molar-refractivity contribution in [2.24, 2.45) is 0 Å². The van der Waals surface area contributed by atoms with E-state index in [4.69, 9.17) is 15.1 Å². The van der Waals surface area contributed by atoms with Crippen LogP contribution in [0, 0.1) is 11.3 Å². The number of ether oxygens (including phenoxy) is 1. The van der Waals surface area contributed by atoms with Crippen LogP contribution >= 0.6 is 0 Å². The molecule has 2 N–H and O–H groups in total. The highest BCUT2D eigenvalue weighted by Gasteiger charge is 2.21. The maximum absolute atomic E-state index is 12.5. The predicted molar refractivity (Wildman–Crippen MR) is 86.5 cm³/mol. The first-order valence-electron chi connectivity index (χ1n) is 6.77. The molecule has 0 unspecified atom stereocenters. The fraction of sp³-hybridized carbons (Fsp3) is 0.125. The zero-order valence-corrected chi connectivity index (χ0v) is 13.5. The van der Waals surface area contributed by atoms with Gasteiger partial charge in [0, 0.05) is 5.69 Å². The molecule has 24 heavy (non-hydrogen) atoms. The van der Waals surface area contributed by atoms with Gasteiger partial charge in [-0.05, 0) is 35.9 Å². The Kier molecular flexibility index (Phi) is 5.06. The molecular formula is C16H14N2O5S. The number of carboxylic acids is 1. The van der Waals surface area contributed by atoms with Gasteiger partial charge in [0.25, 0.3) is 10.0 Å². The first kappa shape index (κ1) is 17.3. The van der Waals surface area contributed by atoms with Crippen LogP contribution in [0.5, 0.6) is 5.75 Å². The Balaban J connectivity index is 2.39. The number of nitriles is 1. The molecule has 0 aromatic heterocycles. The van der Waals surface area contributed by atoms with Crippen molar-refractivity contribution < 1.29 is 23.1 Å². The van der Waals surface area contributed by atoms with E-state index < -0.39 is 16.0 Å². The molecule has 0 fully saturated rings. The minimum atomic E-state index is -3.98. The van der Waals surface area contributed by atoms with Crippen molar-refractivity contribution in [3.8, 4) is 11.8 Å². The lowest BCUT2D eigenvalue weighted by Crippen LogP contribution is -2.14. The lowest BCUT2D eigenvalue weighted by Gasteiger charge is -2.12. The second-order valence-electron chi connectivity index (χ2n) is 4.81. The van der Waals surface area contributed by atoms with Gasteiger partial charge in [-0.3, -0.25) is 4.72 Å². The Morgan fingerprint density at radius 3 is 2.67 bits per heavy atom. The van der Waals surface area contributed by atoms with Crippen LogP contribution in [0.25, 0.3) is 0 Å². The zero-order valence-electron chi connectivity index (χ0n) is 12.7. The van der Waals surface area contributed by atoms with Crippen molar-refractivity contribution >= 4 is 21.7 Å².